The summed E-state index contributed by atoms with van der Waals surface area (Å²) in [5.74, 6) is -1.30. The van der Waals surface area contributed by atoms with Gasteiger partial charge in [-0.15, -0.1) is 0 Å². The SMILES string of the molecule is C=C(F)C(=O)N1[C@H](C)CN(c2c(C#N)c(OC[C@@H]3CCCN3C)nc3c2CCN(c2cccc4cccc(Cl)c24)C3)C[C@@H]1C. The molecule has 2 aromatic carbocycles. The number of likely N-dealkylation sites (tertiary alicyclic amines) is 1. The molecule has 2 fully saturated rings. The first-order valence-corrected chi connectivity index (χ1v) is 15.7. The summed E-state index contributed by atoms with van der Waals surface area (Å²) in [6.45, 7) is 10.7. The minimum atomic E-state index is -0.961. The van der Waals surface area contributed by atoms with Gasteiger partial charge in [0, 0.05) is 54.4 Å². The second-order valence-corrected chi connectivity index (χ2v) is 12.7. The molecule has 1 aromatic heterocycles. The number of hydrogen-bond acceptors (Lipinski definition) is 7. The lowest BCUT2D eigenvalue weighted by atomic mass is 9.96. The number of ether oxygens (including phenoxy) is 1. The number of carbonyl (C=O) groups is 1. The Labute approximate surface area is 263 Å². The van der Waals surface area contributed by atoms with Gasteiger partial charge in [-0.2, -0.15) is 5.26 Å². The number of benzene rings is 2. The molecule has 0 bridgehead atoms. The highest BCUT2D eigenvalue weighted by molar-refractivity contribution is 6.36. The maximum atomic E-state index is 13.9. The van der Waals surface area contributed by atoms with E-state index in [2.05, 4.69) is 52.6 Å². The molecule has 3 aliphatic heterocycles. The number of anilines is 2. The highest BCUT2D eigenvalue weighted by Gasteiger charge is 2.38. The summed E-state index contributed by atoms with van der Waals surface area (Å²) >= 11 is 6.70. The number of piperazine rings is 1. The first kappa shape index (κ1) is 30.2. The van der Waals surface area contributed by atoms with E-state index in [0.29, 0.717) is 49.1 Å². The fraction of sp³-hybridized carbons (Fsp3) is 0.441. The highest BCUT2D eigenvalue weighted by Crippen LogP contribution is 2.41. The van der Waals surface area contributed by atoms with Crippen LogP contribution in [0, 0.1) is 11.3 Å². The summed E-state index contributed by atoms with van der Waals surface area (Å²) in [5.41, 5.74) is 4.15. The van der Waals surface area contributed by atoms with Gasteiger partial charge in [-0.3, -0.25) is 4.79 Å². The second kappa shape index (κ2) is 12.3. The Morgan fingerprint density at radius 3 is 2.55 bits per heavy atom. The third-order valence-corrected chi connectivity index (χ3v) is 9.68. The zero-order chi connectivity index (χ0) is 31.1. The summed E-state index contributed by atoms with van der Waals surface area (Å²) in [7, 11) is 2.10. The van der Waals surface area contributed by atoms with Gasteiger partial charge in [0.1, 0.15) is 18.2 Å². The molecular weight excluding hydrogens is 579 g/mol. The fourth-order valence-corrected chi connectivity index (χ4v) is 7.52. The van der Waals surface area contributed by atoms with Crippen molar-refractivity contribution in [2.75, 3.05) is 49.6 Å². The third-order valence-electron chi connectivity index (χ3n) is 9.36. The number of amides is 1. The van der Waals surface area contributed by atoms with Crippen LogP contribution in [-0.4, -0.2) is 78.7 Å². The molecule has 2 saturated heterocycles. The molecule has 3 aliphatic rings. The van der Waals surface area contributed by atoms with Crippen molar-refractivity contribution < 1.29 is 13.9 Å². The van der Waals surface area contributed by atoms with Gasteiger partial charge in [0.25, 0.3) is 5.91 Å². The van der Waals surface area contributed by atoms with Gasteiger partial charge in [0.05, 0.1) is 22.9 Å². The molecule has 0 radical (unpaired) electrons. The van der Waals surface area contributed by atoms with E-state index in [1.54, 1.807) is 4.90 Å². The number of hydrogen-bond donors (Lipinski definition) is 0. The van der Waals surface area contributed by atoms with Crippen molar-refractivity contribution in [2.45, 2.75) is 57.8 Å². The molecule has 6 rings (SSSR count). The molecule has 230 valence electrons. The largest absolute Gasteiger partial charge is 0.475 e. The van der Waals surface area contributed by atoms with Crippen LogP contribution < -0.4 is 14.5 Å². The fourth-order valence-electron chi connectivity index (χ4n) is 7.25. The van der Waals surface area contributed by atoms with Gasteiger partial charge in [0.15, 0.2) is 5.83 Å². The molecule has 1 amide bonds. The van der Waals surface area contributed by atoms with E-state index < -0.39 is 11.7 Å². The van der Waals surface area contributed by atoms with Crippen molar-refractivity contribution in [1.82, 2.24) is 14.8 Å². The van der Waals surface area contributed by atoms with Crippen LogP contribution in [0.3, 0.4) is 0 Å². The quantitative estimate of drug-likeness (QED) is 0.329. The van der Waals surface area contributed by atoms with Crippen molar-refractivity contribution in [3.63, 3.8) is 0 Å². The molecule has 0 unspecified atom stereocenters. The van der Waals surface area contributed by atoms with Crippen molar-refractivity contribution in [1.29, 1.82) is 5.26 Å². The van der Waals surface area contributed by atoms with Crippen LogP contribution in [0.2, 0.25) is 5.02 Å². The summed E-state index contributed by atoms with van der Waals surface area (Å²) < 4.78 is 20.3. The van der Waals surface area contributed by atoms with E-state index in [-0.39, 0.29) is 18.1 Å². The Kier molecular flexibility index (Phi) is 8.40. The number of halogens is 2. The van der Waals surface area contributed by atoms with Crippen LogP contribution in [0.5, 0.6) is 5.88 Å². The van der Waals surface area contributed by atoms with E-state index >= 15 is 0 Å². The molecule has 0 N–H and O–H groups in total. The number of nitrogens with zero attached hydrogens (tertiary/aromatic N) is 6. The number of likely N-dealkylation sites (N-methyl/N-ethyl adjacent to an activating group) is 1. The maximum absolute atomic E-state index is 13.9. The van der Waals surface area contributed by atoms with Crippen LogP contribution in [0.1, 0.15) is 43.5 Å². The van der Waals surface area contributed by atoms with Gasteiger partial charge in [-0.25, -0.2) is 9.37 Å². The predicted molar refractivity (Wildman–Crippen MR) is 172 cm³/mol. The Balaban J connectivity index is 1.40. The van der Waals surface area contributed by atoms with Gasteiger partial charge < -0.3 is 24.3 Å². The van der Waals surface area contributed by atoms with Crippen molar-refractivity contribution in [3.8, 4) is 11.9 Å². The summed E-state index contributed by atoms with van der Waals surface area (Å²) in [5, 5.41) is 13.3. The summed E-state index contributed by atoms with van der Waals surface area (Å²) in [6.07, 6.45) is 2.82. The first-order valence-electron chi connectivity index (χ1n) is 15.3. The molecule has 4 heterocycles. The minimum absolute atomic E-state index is 0.264. The van der Waals surface area contributed by atoms with Gasteiger partial charge in [0.2, 0.25) is 5.88 Å². The molecule has 0 aliphatic carbocycles. The maximum Gasteiger partial charge on any atom is 0.282 e. The highest BCUT2D eigenvalue weighted by atomic mass is 35.5. The normalized spacial score (nSPS) is 22.2. The number of aromatic nitrogens is 1. The van der Waals surface area contributed by atoms with Crippen LogP contribution in [0.15, 0.2) is 48.8 Å². The number of fused-ring (bicyclic) bond motifs is 2. The third kappa shape index (κ3) is 5.46. The van der Waals surface area contributed by atoms with E-state index in [4.69, 9.17) is 21.3 Å². The molecule has 0 saturated carbocycles. The van der Waals surface area contributed by atoms with Crippen LogP contribution in [0.25, 0.3) is 10.8 Å². The van der Waals surface area contributed by atoms with Crippen LogP contribution in [0.4, 0.5) is 15.8 Å². The minimum Gasteiger partial charge on any atom is -0.475 e. The van der Waals surface area contributed by atoms with Gasteiger partial charge in [-0.1, -0.05) is 42.4 Å². The number of rotatable bonds is 6. The standard InChI is InChI=1S/C34H38ClFN6O2/c1-21-17-41(18-22(2)42(21)34(43)23(3)36)32-26-13-15-40(30-12-6-9-24-8-5-11-28(35)31(24)30)19-29(26)38-33(27(32)16-37)44-20-25-10-7-14-39(25)4/h5-6,8-9,11-12,21-22,25H,3,7,10,13-15,17-20H2,1-2,4H3/t21-,22+,25-/m0/s1. The zero-order valence-electron chi connectivity index (χ0n) is 25.5. The second-order valence-electron chi connectivity index (χ2n) is 12.3. The monoisotopic (exact) mass is 616 g/mol. The topological polar surface area (TPSA) is 75.9 Å². The van der Waals surface area contributed by atoms with Crippen molar-refractivity contribution in [3.05, 3.63) is 70.6 Å². The number of carbonyl (C=O) groups excluding carboxylic acids is 1. The van der Waals surface area contributed by atoms with E-state index in [1.807, 2.05) is 32.0 Å². The molecule has 0 spiro atoms. The summed E-state index contributed by atoms with van der Waals surface area (Å²) in [4.78, 5) is 25.9. The first-order chi connectivity index (χ1) is 21.2. The van der Waals surface area contributed by atoms with Crippen molar-refractivity contribution in [2.24, 2.45) is 0 Å². The molecule has 10 heteroatoms. The smallest absolute Gasteiger partial charge is 0.282 e. The molecule has 3 aromatic rings. The Hall–Kier alpha value is -3.87. The van der Waals surface area contributed by atoms with E-state index in [9.17, 15) is 14.4 Å². The van der Waals surface area contributed by atoms with Crippen LogP contribution in [-0.2, 0) is 17.8 Å². The average Bonchev–Trinajstić information content (AvgIpc) is 3.42. The average molecular weight is 617 g/mol. The molecule has 44 heavy (non-hydrogen) atoms. The van der Waals surface area contributed by atoms with E-state index in [1.165, 1.54) is 0 Å². The predicted octanol–water partition coefficient (Wildman–Crippen LogP) is 5.70. The molecule has 3 atom stereocenters. The Bertz CT molecular complexity index is 1640. The molecule has 8 nitrogen and oxygen atoms in total. The van der Waals surface area contributed by atoms with Crippen molar-refractivity contribution >= 4 is 39.7 Å². The Morgan fingerprint density at radius 2 is 1.89 bits per heavy atom. The lowest BCUT2D eigenvalue weighted by Gasteiger charge is -2.46. The molecular formula is C34H38ClFN6O2. The number of nitriles is 1. The van der Waals surface area contributed by atoms with Crippen LogP contribution >= 0.6 is 11.6 Å². The van der Waals surface area contributed by atoms with E-state index in [0.717, 1.165) is 59.3 Å². The lowest BCUT2D eigenvalue weighted by Crippen LogP contribution is -2.59. The zero-order valence-corrected chi connectivity index (χ0v) is 26.3. The van der Waals surface area contributed by atoms with Gasteiger partial charge >= 0.3 is 0 Å². The van der Waals surface area contributed by atoms with Gasteiger partial charge in [-0.05, 0) is 64.2 Å². The summed E-state index contributed by atoms with van der Waals surface area (Å²) in [6, 6.07) is 14.3. The lowest BCUT2D eigenvalue weighted by molar-refractivity contribution is -0.133. The Morgan fingerprint density at radius 1 is 1.16 bits per heavy atom. The number of pyridine rings is 1.